The summed E-state index contributed by atoms with van der Waals surface area (Å²) in [5.74, 6) is -1.34. The molecule has 0 aromatic carbocycles. The van der Waals surface area contributed by atoms with Crippen molar-refractivity contribution in [3.8, 4) is 0 Å². The molecule has 0 radical (unpaired) electrons. The van der Waals surface area contributed by atoms with Crippen molar-refractivity contribution in [3.63, 3.8) is 0 Å². The number of hydrogen-bond acceptors (Lipinski definition) is 4. The van der Waals surface area contributed by atoms with Gasteiger partial charge in [-0.1, -0.05) is 0 Å². The molecule has 1 fully saturated rings. The van der Waals surface area contributed by atoms with Gasteiger partial charge in [-0.25, -0.2) is 0 Å². The van der Waals surface area contributed by atoms with Crippen LogP contribution in [0.25, 0.3) is 0 Å². The summed E-state index contributed by atoms with van der Waals surface area (Å²) < 4.78 is 4.82. The Morgan fingerprint density at radius 2 is 2.40 bits per heavy atom. The summed E-state index contributed by atoms with van der Waals surface area (Å²) in [4.78, 5) is 23.4. The predicted molar refractivity (Wildman–Crippen MR) is 55.4 cm³/mol. The molecule has 7 heteroatoms. The van der Waals surface area contributed by atoms with Crippen LogP contribution in [0.1, 0.15) is 6.42 Å². The second-order valence-corrected chi connectivity index (χ2v) is 3.47. The molecular weight excluding hydrogens is 220 g/mol. The Morgan fingerprint density at radius 1 is 1.73 bits per heavy atom. The van der Waals surface area contributed by atoms with Crippen molar-refractivity contribution >= 4 is 29.2 Å². The molecule has 0 aliphatic carbocycles. The van der Waals surface area contributed by atoms with Crippen LogP contribution < -0.4 is 5.32 Å². The summed E-state index contributed by atoms with van der Waals surface area (Å²) in [5, 5.41) is 11.5. The van der Waals surface area contributed by atoms with Gasteiger partial charge in [0.2, 0.25) is 0 Å². The SMILES string of the molecule is COCCN1C(=O)[C@H](CC(=O)O)NC1=S. The van der Waals surface area contributed by atoms with E-state index in [-0.39, 0.29) is 17.4 Å². The average Bonchev–Trinajstić information content (AvgIpc) is 2.39. The number of carbonyl (C=O) groups excluding carboxylic acids is 1. The van der Waals surface area contributed by atoms with Gasteiger partial charge in [0, 0.05) is 7.11 Å². The predicted octanol–water partition coefficient (Wildman–Crippen LogP) is -0.807. The number of methoxy groups -OCH3 is 1. The minimum Gasteiger partial charge on any atom is -0.481 e. The lowest BCUT2D eigenvalue weighted by Crippen LogP contribution is -2.34. The highest BCUT2D eigenvalue weighted by molar-refractivity contribution is 7.80. The van der Waals surface area contributed by atoms with Crippen molar-refractivity contribution in [2.75, 3.05) is 20.3 Å². The van der Waals surface area contributed by atoms with Gasteiger partial charge in [0.1, 0.15) is 6.04 Å². The summed E-state index contributed by atoms with van der Waals surface area (Å²) >= 11 is 4.91. The smallest absolute Gasteiger partial charge is 0.305 e. The molecule has 6 nitrogen and oxygen atoms in total. The molecule has 0 spiro atoms. The Balaban J connectivity index is 2.58. The van der Waals surface area contributed by atoms with Gasteiger partial charge in [-0.05, 0) is 12.2 Å². The molecule has 84 valence electrons. The molecule has 0 aromatic rings. The first kappa shape index (κ1) is 11.9. The number of thiocarbonyl (C=S) groups is 1. The fourth-order valence-electron chi connectivity index (χ4n) is 1.28. The van der Waals surface area contributed by atoms with Crippen LogP contribution in [0.4, 0.5) is 0 Å². The van der Waals surface area contributed by atoms with Crippen LogP contribution in [0, 0.1) is 0 Å². The van der Waals surface area contributed by atoms with Crippen molar-refractivity contribution in [2.45, 2.75) is 12.5 Å². The Hall–Kier alpha value is -1.21. The number of carboxylic acid groups (broad SMARTS) is 1. The number of nitrogens with one attached hydrogen (secondary N) is 1. The minimum atomic E-state index is -1.03. The van der Waals surface area contributed by atoms with Crippen LogP contribution in [0.5, 0.6) is 0 Å². The zero-order valence-corrected chi connectivity index (χ0v) is 9.04. The quantitative estimate of drug-likeness (QED) is 0.604. The maximum absolute atomic E-state index is 11.6. The van der Waals surface area contributed by atoms with Crippen molar-refractivity contribution in [1.29, 1.82) is 0 Å². The van der Waals surface area contributed by atoms with Crippen molar-refractivity contribution in [3.05, 3.63) is 0 Å². The number of aliphatic carboxylic acids is 1. The van der Waals surface area contributed by atoms with Gasteiger partial charge in [-0.3, -0.25) is 14.5 Å². The zero-order chi connectivity index (χ0) is 11.4. The summed E-state index contributed by atoms with van der Waals surface area (Å²) in [7, 11) is 1.52. The van der Waals surface area contributed by atoms with Crippen molar-refractivity contribution in [2.24, 2.45) is 0 Å². The van der Waals surface area contributed by atoms with Crippen LogP contribution in [-0.4, -0.2) is 53.3 Å². The first-order valence-electron chi connectivity index (χ1n) is 4.39. The maximum atomic E-state index is 11.6. The van der Waals surface area contributed by atoms with E-state index < -0.39 is 12.0 Å². The molecule has 1 aliphatic heterocycles. The van der Waals surface area contributed by atoms with E-state index >= 15 is 0 Å². The van der Waals surface area contributed by atoms with Crippen molar-refractivity contribution < 1.29 is 19.4 Å². The summed E-state index contributed by atoms with van der Waals surface area (Å²) in [6, 6.07) is -0.744. The van der Waals surface area contributed by atoms with Crippen LogP contribution >= 0.6 is 12.2 Å². The molecular formula is C8H12N2O4S. The normalized spacial score (nSPS) is 20.6. The molecule has 1 rings (SSSR count). The Morgan fingerprint density at radius 3 is 2.93 bits per heavy atom. The molecule has 15 heavy (non-hydrogen) atoms. The molecule has 0 aromatic heterocycles. The highest BCUT2D eigenvalue weighted by Gasteiger charge is 2.36. The van der Waals surface area contributed by atoms with Gasteiger partial charge in [-0.2, -0.15) is 0 Å². The molecule has 2 N–H and O–H groups in total. The highest BCUT2D eigenvalue weighted by Crippen LogP contribution is 2.09. The molecule has 0 unspecified atom stereocenters. The summed E-state index contributed by atoms with van der Waals surface area (Å²) in [6.07, 6.45) is -0.261. The van der Waals surface area contributed by atoms with Crippen LogP contribution in [-0.2, 0) is 14.3 Å². The molecule has 0 bridgehead atoms. The third-order valence-corrected chi connectivity index (χ3v) is 2.34. The lowest BCUT2D eigenvalue weighted by molar-refractivity contribution is -0.140. The highest BCUT2D eigenvalue weighted by atomic mass is 32.1. The van der Waals surface area contributed by atoms with Gasteiger partial charge in [0.05, 0.1) is 19.6 Å². The van der Waals surface area contributed by atoms with E-state index in [0.717, 1.165) is 0 Å². The van der Waals surface area contributed by atoms with E-state index in [2.05, 4.69) is 5.32 Å². The van der Waals surface area contributed by atoms with E-state index in [1.54, 1.807) is 0 Å². The lowest BCUT2D eigenvalue weighted by atomic mass is 10.2. The molecule has 0 saturated carbocycles. The minimum absolute atomic E-state index is 0.261. The zero-order valence-electron chi connectivity index (χ0n) is 8.23. The Bertz CT molecular complexity index is 294. The van der Waals surface area contributed by atoms with E-state index in [9.17, 15) is 9.59 Å². The molecule has 1 atom stereocenters. The summed E-state index contributed by atoms with van der Waals surface area (Å²) in [5.41, 5.74) is 0. The number of hydrogen-bond donors (Lipinski definition) is 2. The maximum Gasteiger partial charge on any atom is 0.305 e. The third-order valence-electron chi connectivity index (χ3n) is 2.00. The van der Waals surface area contributed by atoms with Gasteiger partial charge in [0.25, 0.3) is 5.91 Å². The Labute approximate surface area is 92.2 Å². The van der Waals surface area contributed by atoms with Gasteiger partial charge in [0.15, 0.2) is 5.11 Å². The van der Waals surface area contributed by atoms with Crippen LogP contribution in [0.2, 0.25) is 0 Å². The van der Waals surface area contributed by atoms with Gasteiger partial charge >= 0.3 is 5.97 Å². The first-order chi connectivity index (χ1) is 7.06. The fourth-order valence-corrected chi connectivity index (χ4v) is 1.61. The molecule has 1 amide bonds. The number of carbonyl (C=O) groups is 2. The van der Waals surface area contributed by atoms with E-state index in [1.807, 2.05) is 0 Å². The monoisotopic (exact) mass is 232 g/mol. The standard InChI is InChI=1S/C8H12N2O4S/c1-14-3-2-10-7(13)5(4-6(11)12)9-8(10)15/h5H,2-4H2,1H3,(H,9,15)(H,11,12)/t5-/m0/s1. The van der Waals surface area contributed by atoms with Crippen LogP contribution in [0.3, 0.4) is 0 Å². The lowest BCUT2D eigenvalue weighted by Gasteiger charge is -2.13. The average molecular weight is 232 g/mol. The van der Waals surface area contributed by atoms with Crippen LogP contribution in [0.15, 0.2) is 0 Å². The molecule has 1 saturated heterocycles. The summed E-state index contributed by atoms with van der Waals surface area (Å²) in [6.45, 7) is 0.713. The van der Waals surface area contributed by atoms with Gasteiger partial charge in [-0.15, -0.1) is 0 Å². The number of rotatable bonds is 5. The van der Waals surface area contributed by atoms with Crippen molar-refractivity contribution in [1.82, 2.24) is 10.2 Å². The molecule has 1 aliphatic rings. The Kier molecular flexibility index (Phi) is 3.98. The second kappa shape index (κ2) is 5.04. The molecule has 1 heterocycles. The number of ether oxygens (including phenoxy) is 1. The second-order valence-electron chi connectivity index (χ2n) is 3.08. The fraction of sp³-hybridized carbons (Fsp3) is 0.625. The first-order valence-corrected chi connectivity index (χ1v) is 4.79. The largest absolute Gasteiger partial charge is 0.481 e. The number of carboxylic acids is 1. The van der Waals surface area contributed by atoms with E-state index in [1.165, 1.54) is 12.0 Å². The topological polar surface area (TPSA) is 78.9 Å². The van der Waals surface area contributed by atoms with E-state index in [4.69, 9.17) is 22.1 Å². The van der Waals surface area contributed by atoms with Gasteiger partial charge < -0.3 is 15.2 Å². The number of nitrogens with zero attached hydrogens (tertiary/aromatic N) is 1. The number of amides is 1. The van der Waals surface area contributed by atoms with E-state index in [0.29, 0.717) is 13.2 Å². The third kappa shape index (κ3) is 2.87.